The standard InChI is InChI=1S/C18H21FN2O3/c1-17(2,3)24-16(23)20-10-8-12-14(13(19)9-10)21(11-4-5-11)15(22)18(12)6-7-18/h8-9,11H,4-7H2,1-3H3,(H,20,23). The average molecular weight is 332 g/mol. The van der Waals surface area contributed by atoms with Crippen LogP contribution in [-0.4, -0.2) is 23.6 Å². The molecule has 5 nitrogen and oxygen atoms in total. The molecule has 3 aliphatic rings. The molecule has 0 atom stereocenters. The van der Waals surface area contributed by atoms with E-state index < -0.39 is 22.9 Å². The van der Waals surface area contributed by atoms with Crippen LogP contribution >= 0.6 is 0 Å². The van der Waals surface area contributed by atoms with Gasteiger partial charge < -0.3 is 9.64 Å². The molecular formula is C18H21FN2O3. The highest BCUT2D eigenvalue weighted by Gasteiger charge is 2.62. The second-order valence-corrected chi connectivity index (χ2v) is 7.97. The number of carbonyl (C=O) groups is 2. The quantitative estimate of drug-likeness (QED) is 0.898. The molecule has 2 saturated carbocycles. The lowest BCUT2D eigenvalue weighted by molar-refractivity contribution is -0.120. The van der Waals surface area contributed by atoms with E-state index in [1.807, 2.05) is 0 Å². The maximum absolute atomic E-state index is 14.7. The normalized spacial score (nSPS) is 21.0. The number of ether oxygens (including phenoxy) is 1. The molecular weight excluding hydrogens is 311 g/mol. The number of hydrogen-bond acceptors (Lipinski definition) is 3. The zero-order valence-corrected chi connectivity index (χ0v) is 14.1. The Hall–Kier alpha value is -2.11. The van der Waals surface area contributed by atoms with E-state index in [4.69, 9.17) is 4.74 Å². The van der Waals surface area contributed by atoms with Crippen LogP contribution < -0.4 is 10.2 Å². The minimum Gasteiger partial charge on any atom is -0.444 e. The number of halogens is 1. The van der Waals surface area contributed by atoms with Gasteiger partial charge in [-0.25, -0.2) is 9.18 Å². The highest BCUT2D eigenvalue weighted by molar-refractivity contribution is 6.11. The molecule has 2 fully saturated rings. The third kappa shape index (κ3) is 2.36. The summed E-state index contributed by atoms with van der Waals surface area (Å²) in [4.78, 5) is 26.3. The van der Waals surface area contributed by atoms with Crippen molar-refractivity contribution < 1.29 is 18.7 Å². The van der Waals surface area contributed by atoms with Gasteiger partial charge in [0, 0.05) is 11.7 Å². The lowest BCUT2D eigenvalue weighted by Crippen LogP contribution is -2.34. The van der Waals surface area contributed by atoms with Crippen molar-refractivity contribution in [1.29, 1.82) is 0 Å². The van der Waals surface area contributed by atoms with E-state index in [9.17, 15) is 14.0 Å². The van der Waals surface area contributed by atoms with E-state index in [-0.39, 0.29) is 11.9 Å². The van der Waals surface area contributed by atoms with E-state index in [1.54, 1.807) is 31.7 Å². The molecule has 2 amide bonds. The van der Waals surface area contributed by atoms with Gasteiger partial charge in [-0.2, -0.15) is 0 Å². The highest BCUT2D eigenvalue weighted by atomic mass is 19.1. The first-order valence-corrected chi connectivity index (χ1v) is 8.39. The van der Waals surface area contributed by atoms with Crippen LogP contribution in [0.2, 0.25) is 0 Å². The fourth-order valence-electron chi connectivity index (χ4n) is 3.44. The monoisotopic (exact) mass is 332 g/mol. The molecule has 1 N–H and O–H groups in total. The van der Waals surface area contributed by atoms with Crippen molar-refractivity contribution in [2.75, 3.05) is 10.2 Å². The van der Waals surface area contributed by atoms with Gasteiger partial charge in [0.2, 0.25) is 5.91 Å². The highest BCUT2D eigenvalue weighted by Crippen LogP contribution is 2.60. The van der Waals surface area contributed by atoms with Crippen LogP contribution in [0.1, 0.15) is 52.0 Å². The van der Waals surface area contributed by atoms with E-state index >= 15 is 0 Å². The van der Waals surface area contributed by atoms with Gasteiger partial charge in [-0.1, -0.05) is 0 Å². The van der Waals surface area contributed by atoms with Gasteiger partial charge >= 0.3 is 6.09 Å². The summed E-state index contributed by atoms with van der Waals surface area (Å²) >= 11 is 0. The number of carbonyl (C=O) groups excluding carboxylic acids is 2. The van der Waals surface area contributed by atoms with E-state index in [1.165, 1.54) is 6.07 Å². The summed E-state index contributed by atoms with van der Waals surface area (Å²) in [6.07, 6.45) is 2.72. The molecule has 0 aromatic heterocycles. The van der Waals surface area contributed by atoms with Crippen molar-refractivity contribution in [2.24, 2.45) is 0 Å². The average Bonchev–Trinajstić information content (AvgIpc) is 3.31. The first kappa shape index (κ1) is 15.4. The zero-order chi connectivity index (χ0) is 17.3. The Morgan fingerprint density at radius 2 is 2.00 bits per heavy atom. The number of hydrogen-bond donors (Lipinski definition) is 1. The Kier molecular flexibility index (Phi) is 3.03. The van der Waals surface area contributed by atoms with Crippen LogP contribution in [0.4, 0.5) is 20.6 Å². The Morgan fingerprint density at radius 1 is 1.33 bits per heavy atom. The number of benzene rings is 1. The van der Waals surface area contributed by atoms with Gasteiger partial charge in [0.1, 0.15) is 11.4 Å². The lowest BCUT2D eigenvalue weighted by Gasteiger charge is -2.20. The van der Waals surface area contributed by atoms with Crippen molar-refractivity contribution in [2.45, 2.75) is 63.5 Å². The van der Waals surface area contributed by atoms with Crippen molar-refractivity contribution >= 4 is 23.4 Å². The van der Waals surface area contributed by atoms with Crippen molar-refractivity contribution in [3.05, 3.63) is 23.5 Å². The lowest BCUT2D eigenvalue weighted by atomic mass is 9.97. The van der Waals surface area contributed by atoms with Gasteiger partial charge in [0.25, 0.3) is 0 Å². The molecule has 6 heteroatoms. The number of rotatable bonds is 2. The summed E-state index contributed by atoms with van der Waals surface area (Å²) in [5, 5.41) is 2.58. The van der Waals surface area contributed by atoms with Gasteiger partial charge in [-0.3, -0.25) is 10.1 Å². The molecule has 0 radical (unpaired) electrons. The fraction of sp³-hybridized carbons (Fsp3) is 0.556. The first-order valence-electron chi connectivity index (χ1n) is 8.39. The topological polar surface area (TPSA) is 58.6 Å². The second kappa shape index (κ2) is 4.71. The maximum atomic E-state index is 14.7. The summed E-state index contributed by atoms with van der Waals surface area (Å²) in [7, 11) is 0. The molecule has 2 aliphatic carbocycles. The number of amides is 2. The summed E-state index contributed by atoms with van der Waals surface area (Å²) in [6.45, 7) is 5.30. The molecule has 1 aliphatic heterocycles. The smallest absolute Gasteiger partial charge is 0.412 e. The minimum absolute atomic E-state index is 0.0216. The summed E-state index contributed by atoms with van der Waals surface area (Å²) in [6, 6.07) is 3.14. The second-order valence-electron chi connectivity index (χ2n) is 7.97. The van der Waals surface area contributed by atoms with Crippen LogP contribution in [0, 0.1) is 5.82 Å². The van der Waals surface area contributed by atoms with Gasteiger partial charge in [0.05, 0.1) is 11.1 Å². The summed E-state index contributed by atoms with van der Waals surface area (Å²) in [5.74, 6) is -0.434. The van der Waals surface area contributed by atoms with Gasteiger partial charge in [0.15, 0.2) is 0 Å². The Balaban J connectivity index is 1.67. The van der Waals surface area contributed by atoms with E-state index in [0.29, 0.717) is 16.9 Å². The molecule has 1 aromatic carbocycles. The predicted molar refractivity (Wildman–Crippen MR) is 87.7 cm³/mol. The molecule has 0 unspecified atom stereocenters. The zero-order valence-electron chi connectivity index (χ0n) is 14.1. The molecule has 128 valence electrons. The van der Waals surface area contributed by atoms with Crippen molar-refractivity contribution in [3.8, 4) is 0 Å². The number of nitrogens with zero attached hydrogens (tertiary/aromatic N) is 1. The number of nitrogens with one attached hydrogen (secondary N) is 1. The minimum atomic E-state index is -0.630. The third-order valence-corrected chi connectivity index (χ3v) is 4.76. The van der Waals surface area contributed by atoms with E-state index in [0.717, 1.165) is 25.7 Å². The van der Waals surface area contributed by atoms with Crippen LogP contribution in [0.5, 0.6) is 0 Å². The molecule has 0 saturated heterocycles. The Bertz CT molecular complexity index is 745. The number of fused-ring (bicyclic) bond motifs is 2. The largest absolute Gasteiger partial charge is 0.444 e. The summed E-state index contributed by atoms with van der Waals surface area (Å²) < 4.78 is 19.9. The SMILES string of the molecule is CC(C)(C)OC(=O)Nc1cc(F)c2c(c1)C1(CC1)C(=O)N2C1CC1. The summed E-state index contributed by atoms with van der Waals surface area (Å²) in [5.41, 5.74) is 0.262. The van der Waals surface area contributed by atoms with Crippen LogP contribution in [0.15, 0.2) is 12.1 Å². The first-order chi connectivity index (χ1) is 11.2. The molecule has 4 rings (SSSR count). The van der Waals surface area contributed by atoms with E-state index in [2.05, 4.69) is 5.32 Å². The molecule has 1 heterocycles. The number of anilines is 2. The fourth-order valence-corrected chi connectivity index (χ4v) is 3.44. The molecule has 0 bridgehead atoms. The predicted octanol–water partition coefficient (Wildman–Crippen LogP) is 3.71. The van der Waals surface area contributed by atoms with Crippen LogP contribution in [0.3, 0.4) is 0 Å². The third-order valence-electron chi connectivity index (χ3n) is 4.76. The Morgan fingerprint density at radius 3 is 2.54 bits per heavy atom. The van der Waals surface area contributed by atoms with Crippen molar-refractivity contribution in [1.82, 2.24) is 0 Å². The van der Waals surface area contributed by atoms with Gasteiger partial charge in [-0.05, 0) is 64.2 Å². The van der Waals surface area contributed by atoms with Gasteiger partial charge in [-0.15, -0.1) is 0 Å². The molecule has 1 aromatic rings. The maximum Gasteiger partial charge on any atom is 0.412 e. The van der Waals surface area contributed by atoms with Crippen molar-refractivity contribution in [3.63, 3.8) is 0 Å². The van der Waals surface area contributed by atoms with Crippen LogP contribution in [-0.2, 0) is 14.9 Å². The Labute approximate surface area is 140 Å². The van der Waals surface area contributed by atoms with Crippen LogP contribution in [0.25, 0.3) is 0 Å². The molecule has 1 spiro atoms. The molecule has 24 heavy (non-hydrogen) atoms.